The number of likely N-dealkylation sites (N-methyl/N-ethyl adjacent to an activating group) is 1. The van der Waals surface area contributed by atoms with E-state index in [4.69, 9.17) is 0 Å². The summed E-state index contributed by atoms with van der Waals surface area (Å²) in [6.07, 6.45) is 0.226. The summed E-state index contributed by atoms with van der Waals surface area (Å²) in [5.74, 6) is -2.37. The van der Waals surface area contributed by atoms with Gasteiger partial charge in [0, 0.05) is 25.6 Å². The van der Waals surface area contributed by atoms with Gasteiger partial charge in [-0.15, -0.1) is 0 Å². The number of halogens is 2. The summed E-state index contributed by atoms with van der Waals surface area (Å²) in [7, 11) is 1.37. The average molecular weight is 478 g/mol. The topological polar surface area (TPSA) is 96.1 Å². The Hall–Kier alpha value is -4.47. The maximum Gasteiger partial charge on any atom is 0.269 e. The molecule has 1 aliphatic rings. The first-order chi connectivity index (χ1) is 16.7. The van der Waals surface area contributed by atoms with Crippen molar-refractivity contribution in [3.05, 3.63) is 111 Å². The zero-order valence-corrected chi connectivity index (χ0v) is 18.6. The SMILES string of the molecule is CN(CC(=O)N1N=C(c2ccc(F)cc2)C[C@H]1c1cccc([N+](=O)[O-])c1)C(=O)c1ccccc1F. The van der Waals surface area contributed by atoms with Gasteiger partial charge in [0.25, 0.3) is 17.5 Å². The molecule has 0 N–H and O–H groups in total. The summed E-state index contributed by atoms with van der Waals surface area (Å²) in [6.45, 7) is -0.404. The fraction of sp³-hybridized carbons (Fsp3) is 0.160. The van der Waals surface area contributed by atoms with Crippen LogP contribution in [-0.4, -0.2) is 46.0 Å². The fourth-order valence-corrected chi connectivity index (χ4v) is 3.85. The zero-order valence-electron chi connectivity index (χ0n) is 18.6. The Morgan fingerprint density at radius 3 is 2.49 bits per heavy atom. The third-order valence-electron chi connectivity index (χ3n) is 5.63. The predicted octanol–water partition coefficient (Wildman–Crippen LogP) is 4.32. The molecule has 0 spiro atoms. The van der Waals surface area contributed by atoms with Crippen molar-refractivity contribution in [1.82, 2.24) is 9.91 Å². The molecule has 3 aromatic carbocycles. The number of rotatable bonds is 6. The second-order valence-corrected chi connectivity index (χ2v) is 8.00. The zero-order chi connectivity index (χ0) is 25.1. The van der Waals surface area contributed by atoms with Gasteiger partial charge in [0.05, 0.1) is 22.2 Å². The highest BCUT2D eigenvalue weighted by Crippen LogP contribution is 2.34. The molecule has 0 aliphatic carbocycles. The Morgan fingerprint density at radius 2 is 1.80 bits per heavy atom. The molecule has 2 amide bonds. The monoisotopic (exact) mass is 478 g/mol. The molecular weight excluding hydrogens is 458 g/mol. The number of nitrogens with zero attached hydrogens (tertiary/aromatic N) is 4. The van der Waals surface area contributed by atoms with Gasteiger partial charge in [-0.05, 0) is 35.4 Å². The van der Waals surface area contributed by atoms with Gasteiger partial charge < -0.3 is 4.90 Å². The Kier molecular flexibility index (Phi) is 6.63. The lowest BCUT2D eigenvalue weighted by Crippen LogP contribution is -2.39. The number of nitro groups is 1. The van der Waals surface area contributed by atoms with Gasteiger partial charge in [-0.2, -0.15) is 5.10 Å². The number of benzene rings is 3. The summed E-state index contributed by atoms with van der Waals surface area (Å²) in [5, 5.41) is 16.9. The second-order valence-electron chi connectivity index (χ2n) is 8.00. The standard InChI is InChI=1S/C25H20F2N4O4/c1-29(25(33)20-7-2-3-8-21(20)27)15-24(32)30-23(17-5-4-6-19(13-17)31(34)35)14-22(28-30)16-9-11-18(26)12-10-16/h2-13,23H,14-15H2,1H3/t23-/m0/s1. The molecule has 1 heterocycles. The number of hydrogen-bond donors (Lipinski definition) is 0. The molecule has 0 bridgehead atoms. The van der Waals surface area contributed by atoms with Gasteiger partial charge in [0.2, 0.25) is 0 Å². The third-order valence-corrected chi connectivity index (χ3v) is 5.63. The maximum absolute atomic E-state index is 14.0. The van der Waals surface area contributed by atoms with Crippen molar-refractivity contribution < 1.29 is 23.3 Å². The van der Waals surface area contributed by atoms with Crippen LogP contribution in [0.1, 0.15) is 33.9 Å². The predicted molar refractivity (Wildman–Crippen MR) is 124 cm³/mol. The average Bonchev–Trinajstić information content (AvgIpc) is 3.30. The van der Waals surface area contributed by atoms with Crippen molar-refractivity contribution in [2.75, 3.05) is 13.6 Å². The van der Waals surface area contributed by atoms with Crippen LogP contribution >= 0.6 is 0 Å². The molecule has 1 atom stereocenters. The summed E-state index contributed by atoms with van der Waals surface area (Å²) >= 11 is 0. The number of hydrazone groups is 1. The Balaban J connectivity index is 1.63. The molecule has 0 saturated heterocycles. The highest BCUT2D eigenvalue weighted by Gasteiger charge is 2.34. The van der Waals surface area contributed by atoms with Crippen LogP contribution in [0.5, 0.6) is 0 Å². The quantitative estimate of drug-likeness (QED) is 0.389. The summed E-state index contributed by atoms with van der Waals surface area (Å²) in [4.78, 5) is 37.7. The molecule has 8 nitrogen and oxygen atoms in total. The molecule has 178 valence electrons. The van der Waals surface area contributed by atoms with Gasteiger partial charge in [-0.1, -0.05) is 36.4 Å². The molecule has 0 aromatic heterocycles. The van der Waals surface area contributed by atoms with Crippen LogP contribution in [0.4, 0.5) is 14.5 Å². The minimum Gasteiger partial charge on any atom is -0.332 e. The minimum absolute atomic E-state index is 0.142. The highest BCUT2D eigenvalue weighted by molar-refractivity contribution is 6.03. The summed E-state index contributed by atoms with van der Waals surface area (Å²) in [5.41, 5.74) is 1.24. The lowest BCUT2D eigenvalue weighted by molar-refractivity contribution is -0.385. The normalized spacial score (nSPS) is 15.0. The van der Waals surface area contributed by atoms with Crippen LogP contribution < -0.4 is 0 Å². The van der Waals surface area contributed by atoms with Crippen LogP contribution in [0.15, 0.2) is 77.9 Å². The molecule has 3 aromatic rings. The Bertz CT molecular complexity index is 1330. The van der Waals surface area contributed by atoms with E-state index in [1.807, 2.05) is 0 Å². The van der Waals surface area contributed by atoms with Crippen molar-refractivity contribution in [1.29, 1.82) is 0 Å². The molecule has 1 aliphatic heterocycles. The van der Waals surface area contributed by atoms with Gasteiger partial charge in [0.1, 0.15) is 18.2 Å². The number of amides is 2. The van der Waals surface area contributed by atoms with Crippen molar-refractivity contribution in [3.8, 4) is 0 Å². The van der Waals surface area contributed by atoms with E-state index in [9.17, 15) is 28.5 Å². The lowest BCUT2D eigenvalue weighted by Gasteiger charge is -2.25. The summed E-state index contributed by atoms with van der Waals surface area (Å²) in [6, 6.07) is 16.2. The van der Waals surface area contributed by atoms with E-state index in [1.165, 1.54) is 72.7 Å². The molecule has 0 saturated carbocycles. The number of non-ortho nitro benzene ring substituents is 1. The summed E-state index contributed by atoms with van der Waals surface area (Å²) < 4.78 is 27.4. The molecule has 10 heteroatoms. The van der Waals surface area contributed by atoms with E-state index in [0.717, 1.165) is 11.0 Å². The molecule has 0 fully saturated rings. The lowest BCUT2D eigenvalue weighted by atomic mass is 9.98. The molecular formula is C25H20F2N4O4. The van der Waals surface area contributed by atoms with Crippen LogP contribution in [0, 0.1) is 21.7 Å². The first kappa shape index (κ1) is 23.7. The molecule has 0 radical (unpaired) electrons. The molecule has 4 rings (SSSR count). The number of nitro benzene ring substituents is 1. The van der Waals surface area contributed by atoms with Gasteiger partial charge in [-0.25, -0.2) is 13.8 Å². The Labute approximate surface area is 199 Å². The largest absolute Gasteiger partial charge is 0.332 e. The van der Waals surface area contributed by atoms with Crippen LogP contribution in [-0.2, 0) is 4.79 Å². The van der Waals surface area contributed by atoms with E-state index in [-0.39, 0.29) is 17.7 Å². The minimum atomic E-state index is -0.705. The first-order valence-corrected chi connectivity index (χ1v) is 10.6. The van der Waals surface area contributed by atoms with E-state index in [1.54, 1.807) is 6.07 Å². The smallest absolute Gasteiger partial charge is 0.269 e. The van der Waals surface area contributed by atoms with Gasteiger partial charge in [-0.3, -0.25) is 19.7 Å². The van der Waals surface area contributed by atoms with Crippen molar-refractivity contribution in [2.45, 2.75) is 12.5 Å². The number of carbonyl (C=O) groups excluding carboxylic acids is 2. The highest BCUT2D eigenvalue weighted by atomic mass is 19.1. The maximum atomic E-state index is 14.0. The van der Waals surface area contributed by atoms with Gasteiger partial charge >= 0.3 is 0 Å². The van der Waals surface area contributed by atoms with Crippen molar-refractivity contribution in [2.24, 2.45) is 5.10 Å². The molecule has 0 unspecified atom stereocenters. The van der Waals surface area contributed by atoms with E-state index < -0.39 is 41.0 Å². The van der Waals surface area contributed by atoms with Crippen molar-refractivity contribution in [3.63, 3.8) is 0 Å². The van der Waals surface area contributed by atoms with Crippen molar-refractivity contribution >= 4 is 23.2 Å². The second kappa shape index (κ2) is 9.80. The van der Waals surface area contributed by atoms with Crippen LogP contribution in [0.25, 0.3) is 0 Å². The van der Waals surface area contributed by atoms with Crippen LogP contribution in [0.3, 0.4) is 0 Å². The Morgan fingerprint density at radius 1 is 1.09 bits per heavy atom. The van der Waals surface area contributed by atoms with Gasteiger partial charge in [0.15, 0.2) is 0 Å². The molecule has 35 heavy (non-hydrogen) atoms. The van der Waals surface area contributed by atoms with Crippen LogP contribution in [0.2, 0.25) is 0 Å². The third kappa shape index (κ3) is 5.06. The number of hydrogen-bond acceptors (Lipinski definition) is 5. The fourth-order valence-electron chi connectivity index (χ4n) is 3.85. The number of carbonyl (C=O) groups is 2. The van der Waals surface area contributed by atoms with E-state index in [0.29, 0.717) is 16.8 Å². The first-order valence-electron chi connectivity index (χ1n) is 10.6. The van der Waals surface area contributed by atoms with E-state index in [2.05, 4.69) is 5.10 Å². The van der Waals surface area contributed by atoms with E-state index >= 15 is 0 Å².